The fourth-order valence-electron chi connectivity index (χ4n) is 3.58. The number of hydrogen-bond acceptors (Lipinski definition) is 7. The molecule has 1 saturated heterocycles. The maximum absolute atomic E-state index is 5.47. The van der Waals surface area contributed by atoms with E-state index in [0.29, 0.717) is 17.4 Å². The van der Waals surface area contributed by atoms with Gasteiger partial charge in [-0.3, -0.25) is 0 Å². The van der Waals surface area contributed by atoms with Crippen LogP contribution < -0.4 is 14.4 Å². The van der Waals surface area contributed by atoms with Gasteiger partial charge in [0.15, 0.2) is 17.3 Å². The van der Waals surface area contributed by atoms with Crippen LogP contribution in [0.4, 0.5) is 5.82 Å². The fourth-order valence-corrected chi connectivity index (χ4v) is 3.58. The topological polar surface area (TPSA) is 73.3 Å². The monoisotopic (exact) mass is 351 g/mol. The van der Waals surface area contributed by atoms with Crippen LogP contribution in [-0.4, -0.2) is 47.5 Å². The van der Waals surface area contributed by atoms with Gasteiger partial charge in [-0.25, -0.2) is 9.97 Å². The Morgan fingerprint density at radius 1 is 1.15 bits per heavy atom. The smallest absolute Gasteiger partial charge is 0.161 e. The van der Waals surface area contributed by atoms with Crippen LogP contribution in [0.2, 0.25) is 0 Å². The number of aromatic nitrogens is 4. The van der Waals surface area contributed by atoms with E-state index in [1.54, 1.807) is 32.9 Å². The van der Waals surface area contributed by atoms with Gasteiger partial charge in [0.05, 0.1) is 20.4 Å². The summed E-state index contributed by atoms with van der Waals surface area (Å²) in [6.45, 7) is 1.81. The molecule has 0 radical (unpaired) electrons. The summed E-state index contributed by atoms with van der Waals surface area (Å²) in [6, 6.07) is 5.92. The Morgan fingerprint density at radius 2 is 2.00 bits per heavy atom. The molecule has 1 aliphatic heterocycles. The minimum Gasteiger partial charge on any atom is -0.493 e. The van der Waals surface area contributed by atoms with Crippen molar-refractivity contribution >= 4 is 16.6 Å². The number of hydrogen-bond donors (Lipinski definition) is 0. The molecule has 3 heterocycles. The lowest BCUT2D eigenvalue weighted by molar-refractivity contribution is 0.356. The van der Waals surface area contributed by atoms with Crippen LogP contribution in [0.15, 0.2) is 36.9 Å². The lowest BCUT2D eigenvalue weighted by atomic mass is 9.94. The summed E-state index contributed by atoms with van der Waals surface area (Å²) >= 11 is 0. The highest BCUT2D eigenvalue weighted by molar-refractivity contribution is 5.94. The van der Waals surface area contributed by atoms with Gasteiger partial charge in [-0.2, -0.15) is 5.10 Å². The van der Waals surface area contributed by atoms with Crippen molar-refractivity contribution in [3.63, 3.8) is 0 Å². The number of piperidine rings is 1. The van der Waals surface area contributed by atoms with Gasteiger partial charge in [-0.15, -0.1) is 5.10 Å². The van der Waals surface area contributed by atoms with Gasteiger partial charge in [0.1, 0.15) is 6.33 Å². The van der Waals surface area contributed by atoms with E-state index < -0.39 is 0 Å². The van der Waals surface area contributed by atoms with Crippen LogP contribution in [0.5, 0.6) is 11.5 Å². The number of anilines is 1. The zero-order chi connectivity index (χ0) is 17.9. The highest BCUT2D eigenvalue weighted by atomic mass is 16.5. The molecule has 0 bridgehead atoms. The van der Waals surface area contributed by atoms with Gasteiger partial charge in [0.25, 0.3) is 0 Å². The zero-order valence-corrected chi connectivity index (χ0v) is 14.9. The zero-order valence-electron chi connectivity index (χ0n) is 14.9. The fraction of sp³-hybridized carbons (Fsp3) is 0.368. The molecule has 1 unspecified atom stereocenters. The predicted octanol–water partition coefficient (Wildman–Crippen LogP) is 2.82. The maximum atomic E-state index is 5.47. The molecule has 26 heavy (non-hydrogen) atoms. The van der Waals surface area contributed by atoms with Crippen molar-refractivity contribution in [2.75, 3.05) is 32.2 Å². The van der Waals surface area contributed by atoms with Gasteiger partial charge >= 0.3 is 0 Å². The first-order valence-electron chi connectivity index (χ1n) is 8.68. The van der Waals surface area contributed by atoms with E-state index in [-0.39, 0.29) is 0 Å². The van der Waals surface area contributed by atoms with Crippen LogP contribution in [-0.2, 0) is 0 Å². The highest BCUT2D eigenvalue weighted by Crippen LogP contribution is 2.37. The molecular formula is C19H21N5O2. The molecular weight excluding hydrogens is 330 g/mol. The summed E-state index contributed by atoms with van der Waals surface area (Å²) in [4.78, 5) is 10.7. The second kappa shape index (κ2) is 7.11. The average Bonchev–Trinajstić information content (AvgIpc) is 2.73. The number of benzene rings is 1. The first-order valence-corrected chi connectivity index (χ1v) is 8.68. The number of fused-ring (bicyclic) bond motifs is 1. The van der Waals surface area contributed by atoms with E-state index in [0.717, 1.165) is 48.2 Å². The summed E-state index contributed by atoms with van der Waals surface area (Å²) in [7, 11) is 3.28. The minimum absolute atomic E-state index is 0.365. The molecule has 0 N–H and O–H groups in total. The molecule has 134 valence electrons. The van der Waals surface area contributed by atoms with Gasteiger partial charge in [-0.1, -0.05) is 0 Å². The standard InChI is InChI=1S/C19H21N5O2/c1-25-17-8-14-10-22-23-19(15(14)9-18(17)26-2)24-7-3-4-13(11-24)16-5-6-20-12-21-16/h5-6,8-10,12-13H,3-4,7,11H2,1-2H3. The molecule has 0 saturated carbocycles. The second-order valence-electron chi connectivity index (χ2n) is 6.38. The van der Waals surface area contributed by atoms with Crippen LogP contribution in [0.1, 0.15) is 24.5 Å². The summed E-state index contributed by atoms with van der Waals surface area (Å²) in [5, 5.41) is 10.6. The van der Waals surface area contributed by atoms with Crippen molar-refractivity contribution in [2.45, 2.75) is 18.8 Å². The quantitative estimate of drug-likeness (QED) is 0.715. The molecule has 2 aromatic heterocycles. The molecule has 1 aromatic carbocycles. The van der Waals surface area contributed by atoms with Crippen molar-refractivity contribution in [3.05, 3.63) is 42.6 Å². The van der Waals surface area contributed by atoms with Gasteiger partial charge < -0.3 is 14.4 Å². The second-order valence-corrected chi connectivity index (χ2v) is 6.38. The third-order valence-corrected chi connectivity index (χ3v) is 4.89. The largest absolute Gasteiger partial charge is 0.493 e. The molecule has 1 fully saturated rings. The molecule has 7 heteroatoms. The molecule has 1 aliphatic rings. The Balaban J connectivity index is 1.71. The van der Waals surface area contributed by atoms with Crippen molar-refractivity contribution in [3.8, 4) is 11.5 Å². The summed E-state index contributed by atoms with van der Waals surface area (Å²) in [6.07, 6.45) is 7.37. The molecule has 0 aliphatic carbocycles. The average molecular weight is 351 g/mol. The molecule has 0 spiro atoms. The van der Waals surface area contributed by atoms with E-state index >= 15 is 0 Å². The summed E-state index contributed by atoms with van der Waals surface area (Å²) in [5.74, 6) is 2.63. The first-order chi connectivity index (χ1) is 12.8. The Morgan fingerprint density at radius 3 is 2.77 bits per heavy atom. The van der Waals surface area contributed by atoms with Gasteiger partial charge in [0, 0.05) is 41.7 Å². The van der Waals surface area contributed by atoms with Crippen LogP contribution in [0.25, 0.3) is 10.8 Å². The Labute approximate surface area is 152 Å². The molecule has 1 atom stereocenters. The number of nitrogens with zero attached hydrogens (tertiary/aromatic N) is 5. The summed E-state index contributed by atoms with van der Waals surface area (Å²) < 4.78 is 10.9. The first kappa shape index (κ1) is 16.5. The Hall–Kier alpha value is -2.96. The predicted molar refractivity (Wildman–Crippen MR) is 98.9 cm³/mol. The lowest BCUT2D eigenvalue weighted by Gasteiger charge is -2.33. The van der Waals surface area contributed by atoms with Crippen molar-refractivity contribution in [1.29, 1.82) is 0 Å². The van der Waals surface area contributed by atoms with E-state index in [9.17, 15) is 0 Å². The molecule has 4 rings (SSSR count). The molecule has 0 amide bonds. The maximum Gasteiger partial charge on any atom is 0.161 e. The number of ether oxygens (including phenoxy) is 2. The highest BCUT2D eigenvalue weighted by Gasteiger charge is 2.25. The van der Waals surface area contributed by atoms with Crippen LogP contribution in [0.3, 0.4) is 0 Å². The lowest BCUT2D eigenvalue weighted by Crippen LogP contribution is -2.35. The van der Waals surface area contributed by atoms with Crippen LogP contribution in [0, 0.1) is 0 Å². The third kappa shape index (κ3) is 3.00. The SMILES string of the molecule is COc1cc2cnnc(N3CCCC(c4ccncn4)C3)c2cc1OC. The van der Waals surface area contributed by atoms with E-state index in [2.05, 4.69) is 25.1 Å². The van der Waals surface area contributed by atoms with Gasteiger partial charge in [0.2, 0.25) is 0 Å². The van der Waals surface area contributed by atoms with E-state index in [1.807, 2.05) is 18.2 Å². The molecule has 7 nitrogen and oxygen atoms in total. The molecule has 3 aromatic rings. The van der Waals surface area contributed by atoms with E-state index in [1.165, 1.54) is 0 Å². The van der Waals surface area contributed by atoms with E-state index in [4.69, 9.17) is 9.47 Å². The van der Waals surface area contributed by atoms with Gasteiger partial charge in [-0.05, 0) is 31.0 Å². The number of methoxy groups -OCH3 is 2. The minimum atomic E-state index is 0.365. The van der Waals surface area contributed by atoms with Crippen molar-refractivity contribution in [2.24, 2.45) is 0 Å². The van der Waals surface area contributed by atoms with Crippen molar-refractivity contribution < 1.29 is 9.47 Å². The Bertz CT molecular complexity index is 903. The normalized spacial score (nSPS) is 17.3. The van der Waals surface area contributed by atoms with Crippen molar-refractivity contribution in [1.82, 2.24) is 20.2 Å². The summed E-state index contributed by atoms with van der Waals surface area (Å²) in [5.41, 5.74) is 1.08. The van der Waals surface area contributed by atoms with Crippen LogP contribution >= 0.6 is 0 Å². The Kier molecular flexibility index (Phi) is 4.51. The number of rotatable bonds is 4. The third-order valence-electron chi connectivity index (χ3n) is 4.89.